The summed E-state index contributed by atoms with van der Waals surface area (Å²) in [5, 5.41) is 0. The van der Waals surface area contributed by atoms with Crippen LogP contribution in [0.2, 0.25) is 0 Å². The average Bonchev–Trinajstić information content (AvgIpc) is 1.67. The second kappa shape index (κ2) is 3.57. The second-order valence-electron chi connectivity index (χ2n) is 1.57. The van der Waals surface area contributed by atoms with Crippen LogP contribution in [0.3, 0.4) is 0 Å². The summed E-state index contributed by atoms with van der Waals surface area (Å²) in [6.45, 7) is 3.18. The minimum Gasteiger partial charge on any atom is -0.297 e. The van der Waals surface area contributed by atoms with E-state index >= 15 is 0 Å². The molecule has 0 saturated heterocycles. The monoisotopic (exact) mass is 117 g/mol. The standard InChI is InChI=1S/C5H11NO2/c1-4(7)5(2)8-6-3/h5-6H,1-3H3. The Balaban J connectivity index is 3.32. The van der Waals surface area contributed by atoms with Crippen molar-refractivity contribution in [1.82, 2.24) is 5.48 Å². The Morgan fingerprint density at radius 2 is 2.25 bits per heavy atom. The summed E-state index contributed by atoms with van der Waals surface area (Å²) < 4.78 is 0. The van der Waals surface area contributed by atoms with E-state index in [-0.39, 0.29) is 11.9 Å². The number of rotatable bonds is 3. The Morgan fingerprint density at radius 3 is 2.38 bits per heavy atom. The molecule has 0 saturated carbocycles. The zero-order chi connectivity index (χ0) is 6.57. The van der Waals surface area contributed by atoms with Gasteiger partial charge in [0.25, 0.3) is 0 Å². The molecule has 0 aliphatic rings. The van der Waals surface area contributed by atoms with Gasteiger partial charge in [0.2, 0.25) is 0 Å². The van der Waals surface area contributed by atoms with Crippen LogP contribution in [0.15, 0.2) is 0 Å². The first kappa shape index (κ1) is 7.59. The predicted molar refractivity (Wildman–Crippen MR) is 30.3 cm³/mol. The number of hydrogen-bond acceptors (Lipinski definition) is 3. The molecule has 0 spiro atoms. The average molecular weight is 117 g/mol. The summed E-state index contributed by atoms with van der Waals surface area (Å²) in [6.07, 6.45) is -0.333. The van der Waals surface area contributed by atoms with Gasteiger partial charge in [0.05, 0.1) is 0 Å². The lowest BCUT2D eigenvalue weighted by Crippen LogP contribution is -2.23. The highest BCUT2D eigenvalue weighted by molar-refractivity contribution is 5.79. The molecule has 3 nitrogen and oxygen atoms in total. The van der Waals surface area contributed by atoms with Crippen molar-refractivity contribution in [2.24, 2.45) is 0 Å². The van der Waals surface area contributed by atoms with E-state index in [1.54, 1.807) is 14.0 Å². The van der Waals surface area contributed by atoms with Gasteiger partial charge >= 0.3 is 0 Å². The molecule has 1 atom stereocenters. The molecule has 48 valence electrons. The maximum Gasteiger partial charge on any atom is 0.160 e. The minimum atomic E-state index is -0.333. The van der Waals surface area contributed by atoms with Gasteiger partial charge in [0.1, 0.15) is 6.10 Å². The topological polar surface area (TPSA) is 38.3 Å². The molecule has 0 aliphatic carbocycles. The van der Waals surface area contributed by atoms with E-state index in [9.17, 15) is 4.79 Å². The van der Waals surface area contributed by atoms with Crippen LogP contribution in [0, 0.1) is 0 Å². The Bertz CT molecular complexity index is 82.5. The van der Waals surface area contributed by atoms with Crippen LogP contribution in [-0.4, -0.2) is 18.9 Å². The smallest absolute Gasteiger partial charge is 0.160 e. The van der Waals surface area contributed by atoms with Gasteiger partial charge in [-0.05, 0) is 13.8 Å². The highest BCUT2D eigenvalue weighted by atomic mass is 16.7. The molecule has 0 radical (unpaired) electrons. The van der Waals surface area contributed by atoms with Gasteiger partial charge in [-0.15, -0.1) is 0 Å². The quantitative estimate of drug-likeness (QED) is 0.533. The first-order valence-corrected chi connectivity index (χ1v) is 2.51. The van der Waals surface area contributed by atoms with E-state index in [2.05, 4.69) is 5.48 Å². The summed E-state index contributed by atoms with van der Waals surface area (Å²) in [4.78, 5) is 15.1. The van der Waals surface area contributed by atoms with Crippen molar-refractivity contribution in [1.29, 1.82) is 0 Å². The van der Waals surface area contributed by atoms with Gasteiger partial charge in [0.15, 0.2) is 5.78 Å². The van der Waals surface area contributed by atoms with E-state index < -0.39 is 0 Å². The molecule has 0 fully saturated rings. The SMILES string of the molecule is CNOC(C)C(C)=O. The highest BCUT2D eigenvalue weighted by Gasteiger charge is 2.04. The molecule has 0 amide bonds. The molecule has 0 aromatic rings. The van der Waals surface area contributed by atoms with Crippen LogP contribution in [-0.2, 0) is 9.63 Å². The molecule has 0 aromatic heterocycles. The molecule has 3 heteroatoms. The number of hydrogen-bond donors (Lipinski definition) is 1. The number of carbonyl (C=O) groups is 1. The van der Waals surface area contributed by atoms with Gasteiger partial charge in [-0.2, -0.15) is 0 Å². The predicted octanol–water partition coefficient (Wildman–Crippen LogP) is 0.115. The molecular formula is C5H11NO2. The molecule has 0 aliphatic heterocycles. The van der Waals surface area contributed by atoms with Crippen molar-refractivity contribution in [3.8, 4) is 0 Å². The number of ketones is 1. The molecule has 0 rings (SSSR count). The van der Waals surface area contributed by atoms with Crippen LogP contribution in [0.5, 0.6) is 0 Å². The van der Waals surface area contributed by atoms with Gasteiger partial charge in [-0.3, -0.25) is 9.63 Å². The van der Waals surface area contributed by atoms with Crippen LogP contribution in [0.1, 0.15) is 13.8 Å². The van der Waals surface area contributed by atoms with Crippen LogP contribution < -0.4 is 5.48 Å². The van der Waals surface area contributed by atoms with Crippen LogP contribution in [0.25, 0.3) is 0 Å². The van der Waals surface area contributed by atoms with Crippen molar-refractivity contribution in [2.45, 2.75) is 20.0 Å². The second-order valence-corrected chi connectivity index (χ2v) is 1.57. The Hall–Kier alpha value is -0.410. The summed E-state index contributed by atoms with van der Waals surface area (Å²) in [7, 11) is 1.62. The third-order valence-corrected chi connectivity index (χ3v) is 0.867. The van der Waals surface area contributed by atoms with Gasteiger partial charge < -0.3 is 0 Å². The van der Waals surface area contributed by atoms with Crippen LogP contribution in [0.4, 0.5) is 0 Å². The molecule has 1 unspecified atom stereocenters. The molecule has 0 aromatic carbocycles. The van der Waals surface area contributed by atoms with E-state index in [0.29, 0.717) is 0 Å². The number of carbonyl (C=O) groups excluding carboxylic acids is 1. The van der Waals surface area contributed by atoms with E-state index in [1.165, 1.54) is 6.92 Å². The molecule has 8 heavy (non-hydrogen) atoms. The number of hydroxylamine groups is 1. The van der Waals surface area contributed by atoms with Crippen LogP contribution >= 0.6 is 0 Å². The molecular weight excluding hydrogens is 106 g/mol. The Morgan fingerprint density at radius 1 is 1.75 bits per heavy atom. The van der Waals surface area contributed by atoms with Gasteiger partial charge in [-0.25, -0.2) is 5.48 Å². The Kier molecular flexibility index (Phi) is 3.39. The van der Waals surface area contributed by atoms with E-state index in [0.717, 1.165) is 0 Å². The lowest BCUT2D eigenvalue weighted by molar-refractivity contribution is -0.131. The van der Waals surface area contributed by atoms with E-state index in [4.69, 9.17) is 4.84 Å². The third-order valence-electron chi connectivity index (χ3n) is 0.867. The summed E-state index contributed by atoms with van der Waals surface area (Å²) in [5.41, 5.74) is 2.43. The fourth-order valence-electron chi connectivity index (χ4n) is 0.260. The van der Waals surface area contributed by atoms with Gasteiger partial charge in [-0.1, -0.05) is 0 Å². The zero-order valence-electron chi connectivity index (χ0n) is 5.39. The van der Waals surface area contributed by atoms with Crippen molar-refractivity contribution in [3.05, 3.63) is 0 Å². The molecule has 1 N–H and O–H groups in total. The fourth-order valence-corrected chi connectivity index (χ4v) is 0.260. The first-order chi connectivity index (χ1) is 3.68. The van der Waals surface area contributed by atoms with Crippen molar-refractivity contribution >= 4 is 5.78 Å². The summed E-state index contributed by atoms with van der Waals surface area (Å²) in [6, 6.07) is 0. The van der Waals surface area contributed by atoms with Crippen molar-refractivity contribution in [2.75, 3.05) is 7.05 Å². The molecule has 0 heterocycles. The first-order valence-electron chi connectivity index (χ1n) is 2.51. The zero-order valence-corrected chi connectivity index (χ0v) is 5.39. The van der Waals surface area contributed by atoms with Crippen molar-refractivity contribution < 1.29 is 9.63 Å². The minimum absolute atomic E-state index is 0.0272. The van der Waals surface area contributed by atoms with Gasteiger partial charge in [0, 0.05) is 7.05 Å². The van der Waals surface area contributed by atoms with Crippen molar-refractivity contribution in [3.63, 3.8) is 0 Å². The molecule has 0 bridgehead atoms. The lowest BCUT2D eigenvalue weighted by atomic mass is 10.3. The normalized spacial score (nSPS) is 13.4. The third kappa shape index (κ3) is 2.71. The number of Topliss-reactive ketones (excluding diaryl/α,β-unsaturated/α-hetero) is 1. The maximum atomic E-state index is 10.4. The maximum absolute atomic E-state index is 10.4. The fraction of sp³-hybridized carbons (Fsp3) is 0.800. The summed E-state index contributed by atoms with van der Waals surface area (Å²) >= 11 is 0. The largest absolute Gasteiger partial charge is 0.297 e. The van der Waals surface area contributed by atoms with E-state index in [1.807, 2.05) is 0 Å². The lowest BCUT2D eigenvalue weighted by Gasteiger charge is -2.04. The summed E-state index contributed by atoms with van der Waals surface area (Å²) in [5.74, 6) is 0.0272. The number of nitrogens with one attached hydrogen (secondary N) is 1. The Labute approximate surface area is 49.0 Å². The highest BCUT2D eigenvalue weighted by Crippen LogP contribution is 1.85.